The van der Waals surface area contributed by atoms with E-state index in [2.05, 4.69) is 20.7 Å². The Morgan fingerprint density at radius 2 is 2.24 bits per heavy atom. The van der Waals surface area contributed by atoms with Gasteiger partial charge in [-0.3, -0.25) is 0 Å². The van der Waals surface area contributed by atoms with E-state index in [1.165, 1.54) is 0 Å². The lowest BCUT2D eigenvalue weighted by Gasteiger charge is -2.10. The fourth-order valence-electron chi connectivity index (χ4n) is 1.71. The zero-order chi connectivity index (χ0) is 12.5. The molecule has 1 aliphatic heterocycles. The zero-order valence-corrected chi connectivity index (χ0v) is 11.5. The van der Waals surface area contributed by atoms with Gasteiger partial charge in [0.15, 0.2) is 0 Å². The second-order valence-corrected chi connectivity index (χ2v) is 6.33. The van der Waals surface area contributed by atoms with Gasteiger partial charge in [0, 0.05) is 29.5 Å². The average molecular weight is 321 g/mol. The summed E-state index contributed by atoms with van der Waals surface area (Å²) in [4.78, 5) is 0.174. The molecule has 0 saturated carbocycles. The van der Waals surface area contributed by atoms with E-state index in [1.807, 2.05) is 6.07 Å². The topological polar surface area (TPSA) is 81.4 Å². The Balaban J connectivity index is 2.45. The van der Waals surface area contributed by atoms with Crippen molar-refractivity contribution in [2.24, 2.45) is 5.73 Å². The van der Waals surface area contributed by atoms with Gasteiger partial charge in [-0.1, -0.05) is 15.9 Å². The SMILES string of the molecule is NCCNS(=O)(=O)c1cc(Br)cc2c1OCC2. The molecule has 1 aromatic carbocycles. The Bertz CT molecular complexity index is 531. The maximum atomic E-state index is 12.0. The lowest BCUT2D eigenvalue weighted by molar-refractivity contribution is 0.348. The smallest absolute Gasteiger partial charge is 0.244 e. The number of hydrogen-bond acceptors (Lipinski definition) is 4. The standard InChI is InChI=1S/C10H13BrN2O3S/c11-8-5-7-1-4-16-10(7)9(6-8)17(14,15)13-3-2-12/h5-6,13H,1-4,12H2. The Morgan fingerprint density at radius 3 is 2.94 bits per heavy atom. The van der Waals surface area contributed by atoms with E-state index in [4.69, 9.17) is 10.5 Å². The lowest BCUT2D eigenvalue weighted by atomic mass is 10.2. The first-order valence-electron chi connectivity index (χ1n) is 5.19. The summed E-state index contributed by atoms with van der Waals surface area (Å²) in [6.07, 6.45) is 0.730. The minimum Gasteiger partial charge on any atom is -0.492 e. The van der Waals surface area contributed by atoms with Gasteiger partial charge in [-0.25, -0.2) is 13.1 Å². The first-order chi connectivity index (χ1) is 8.04. The largest absolute Gasteiger partial charge is 0.492 e. The van der Waals surface area contributed by atoms with Gasteiger partial charge in [0.1, 0.15) is 10.6 Å². The molecular weight excluding hydrogens is 308 g/mol. The van der Waals surface area contributed by atoms with Crippen LogP contribution >= 0.6 is 15.9 Å². The number of benzene rings is 1. The predicted octanol–water partition coefficient (Wildman–Crippen LogP) is 0.621. The molecule has 0 radical (unpaired) electrons. The van der Waals surface area contributed by atoms with E-state index in [9.17, 15) is 8.42 Å². The molecule has 0 aliphatic carbocycles. The number of nitrogens with two attached hydrogens (primary N) is 1. The molecular formula is C10H13BrN2O3S. The molecule has 0 amide bonds. The van der Waals surface area contributed by atoms with Crippen molar-refractivity contribution >= 4 is 26.0 Å². The summed E-state index contributed by atoms with van der Waals surface area (Å²) >= 11 is 3.30. The lowest BCUT2D eigenvalue weighted by Crippen LogP contribution is -2.29. The summed E-state index contributed by atoms with van der Waals surface area (Å²) in [6, 6.07) is 3.42. The van der Waals surface area contributed by atoms with Crippen molar-refractivity contribution in [1.29, 1.82) is 0 Å². The molecule has 0 atom stereocenters. The third kappa shape index (κ3) is 2.62. The highest BCUT2D eigenvalue weighted by Gasteiger charge is 2.25. The van der Waals surface area contributed by atoms with E-state index in [0.717, 1.165) is 16.5 Å². The van der Waals surface area contributed by atoms with Crippen molar-refractivity contribution in [3.63, 3.8) is 0 Å². The second-order valence-electron chi connectivity index (χ2n) is 3.68. The van der Waals surface area contributed by atoms with E-state index >= 15 is 0 Å². The van der Waals surface area contributed by atoms with Crippen LogP contribution in [0.3, 0.4) is 0 Å². The van der Waals surface area contributed by atoms with Crippen molar-refractivity contribution in [3.05, 3.63) is 22.2 Å². The molecule has 2 rings (SSSR count). The quantitative estimate of drug-likeness (QED) is 0.852. The molecule has 1 aliphatic rings. The monoisotopic (exact) mass is 320 g/mol. The normalized spacial score (nSPS) is 14.5. The van der Waals surface area contributed by atoms with Gasteiger partial charge in [0.05, 0.1) is 6.61 Å². The number of sulfonamides is 1. The van der Waals surface area contributed by atoms with E-state index in [-0.39, 0.29) is 18.0 Å². The molecule has 0 unspecified atom stereocenters. The van der Waals surface area contributed by atoms with Crippen molar-refractivity contribution in [1.82, 2.24) is 4.72 Å². The van der Waals surface area contributed by atoms with E-state index in [0.29, 0.717) is 12.4 Å². The highest BCUT2D eigenvalue weighted by molar-refractivity contribution is 9.10. The Morgan fingerprint density at radius 1 is 1.47 bits per heavy atom. The van der Waals surface area contributed by atoms with Crippen LogP contribution < -0.4 is 15.2 Å². The summed E-state index contributed by atoms with van der Waals surface area (Å²) in [5.74, 6) is 0.456. The molecule has 7 heteroatoms. The van der Waals surface area contributed by atoms with Gasteiger partial charge in [-0.15, -0.1) is 0 Å². The highest BCUT2D eigenvalue weighted by atomic mass is 79.9. The maximum Gasteiger partial charge on any atom is 0.244 e. The number of ether oxygens (including phenoxy) is 1. The molecule has 0 spiro atoms. The van der Waals surface area contributed by atoms with Crippen LogP contribution in [0, 0.1) is 0 Å². The first kappa shape index (κ1) is 12.8. The number of nitrogens with one attached hydrogen (secondary N) is 1. The third-order valence-corrected chi connectivity index (χ3v) is 4.36. The molecule has 0 fully saturated rings. The molecule has 1 aromatic rings. The van der Waals surface area contributed by atoms with Gasteiger partial charge in [0.2, 0.25) is 10.0 Å². The molecule has 5 nitrogen and oxygen atoms in total. The van der Waals surface area contributed by atoms with Gasteiger partial charge in [0.25, 0.3) is 0 Å². The van der Waals surface area contributed by atoms with Crippen LogP contribution in [0.15, 0.2) is 21.5 Å². The van der Waals surface area contributed by atoms with Crippen LogP contribution in [0.25, 0.3) is 0 Å². The summed E-state index contributed by atoms with van der Waals surface area (Å²) < 4.78 is 32.6. The average Bonchev–Trinajstić information content (AvgIpc) is 2.72. The Kier molecular flexibility index (Phi) is 3.72. The summed E-state index contributed by atoms with van der Waals surface area (Å²) in [6.45, 7) is 0.991. The zero-order valence-electron chi connectivity index (χ0n) is 9.07. The third-order valence-electron chi connectivity index (χ3n) is 2.44. The van der Waals surface area contributed by atoms with Crippen LogP contribution in [0.1, 0.15) is 5.56 Å². The van der Waals surface area contributed by atoms with Gasteiger partial charge in [-0.2, -0.15) is 0 Å². The highest BCUT2D eigenvalue weighted by Crippen LogP contribution is 2.35. The summed E-state index contributed by atoms with van der Waals surface area (Å²) in [5.41, 5.74) is 6.20. The van der Waals surface area contributed by atoms with Gasteiger partial charge >= 0.3 is 0 Å². The van der Waals surface area contributed by atoms with Crippen LogP contribution in [0.4, 0.5) is 0 Å². The minimum atomic E-state index is -3.56. The van der Waals surface area contributed by atoms with Crippen molar-refractivity contribution in [2.45, 2.75) is 11.3 Å². The number of hydrogen-bond donors (Lipinski definition) is 2. The molecule has 0 saturated heterocycles. The molecule has 0 bridgehead atoms. The number of halogens is 1. The first-order valence-corrected chi connectivity index (χ1v) is 7.47. The number of rotatable bonds is 4. The van der Waals surface area contributed by atoms with Gasteiger partial charge in [-0.05, 0) is 12.1 Å². The summed E-state index contributed by atoms with van der Waals surface area (Å²) in [5, 5.41) is 0. The fourth-order valence-corrected chi connectivity index (χ4v) is 3.62. The second kappa shape index (κ2) is 4.93. The Labute approximate surface area is 109 Å². The van der Waals surface area contributed by atoms with Crippen LogP contribution in [-0.4, -0.2) is 28.1 Å². The van der Waals surface area contributed by atoms with E-state index < -0.39 is 10.0 Å². The molecule has 94 valence electrons. The minimum absolute atomic E-state index is 0.174. The maximum absolute atomic E-state index is 12.0. The van der Waals surface area contributed by atoms with Crippen LogP contribution in [-0.2, 0) is 16.4 Å². The van der Waals surface area contributed by atoms with Crippen LogP contribution in [0.5, 0.6) is 5.75 Å². The fraction of sp³-hybridized carbons (Fsp3) is 0.400. The molecule has 17 heavy (non-hydrogen) atoms. The van der Waals surface area contributed by atoms with Crippen molar-refractivity contribution in [2.75, 3.05) is 19.7 Å². The number of fused-ring (bicyclic) bond motifs is 1. The summed E-state index contributed by atoms with van der Waals surface area (Å²) in [7, 11) is -3.56. The van der Waals surface area contributed by atoms with Crippen molar-refractivity contribution in [3.8, 4) is 5.75 Å². The van der Waals surface area contributed by atoms with Crippen LogP contribution in [0.2, 0.25) is 0 Å². The van der Waals surface area contributed by atoms with Gasteiger partial charge < -0.3 is 10.5 Å². The van der Waals surface area contributed by atoms with E-state index in [1.54, 1.807) is 6.07 Å². The molecule has 3 N–H and O–H groups in total. The molecule has 0 aromatic heterocycles. The van der Waals surface area contributed by atoms with Crippen molar-refractivity contribution < 1.29 is 13.2 Å². The molecule has 1 heterocycles. The predicted molar refractivity (Wildman–Crippen MR) is 67.6 cm³/mol. The Hall–Kier alpha value is -0.630.